The third-order valence-electron chi connectivity index (χ3n) is 3.04. The van der Waals surface area contributed by atoms with E-state index in [-0.39, 0.29) is 0 Å². The Morgan fingerprint density at radius 3 is 2.69 bits per heavy atom. The largest absolute Gasteiger partial charge is 0.345 e. The molecule has 2 nitrogen and oxygen atoms in total. The molecule has 1 aliphatic carbocycles. The summed E-state index contributed by atoms with van der Waals surface area (Å²) in [7, 11) is 0. The predicted molar refractivity (Wildman–Crippen MR) is 71.6 cm³/mol. The molecule has 90 valence electrons. The van der Waals surface area contributed by atoms with E-state index in [2.05, 4.69) is 23.7 Å². The smallest absolute Gasteiger partial charge is 0.187 e. The summed E-state index contributed by atoms with van der Waals surface area (Å²) in [6.07, 6.45) is 5.34. The van der Waals surface area contributed by atoms with Gasteiger partial charge < -0.3 is 4.90 Å². The van der Waals surface area contributed by atoms with Gasteiger partial charge >= 0.3 is 0 Å². The van der Waals surface area contributed by atoms with Crippen molar-refractivity contribution in [2.75, 3.05) is 11.4 Å². The second-order valence-corrected chi connectivity index (χ2v) is 6.16. The third-order valence-corrected chi connectivity index (χ3v) is 4.24. The zero-order valence-electron chi connectivity index (χ0n) is 9.95. The maximum atomic E-state index is 5.92. The molecule has 1 saturated carbocycles. The molecule has 4 heteroatoms. The molecule has 0 bridgehead atoms. The Kier molecular flexibility index (Phi) is 4.09. The fourth-order valence-electron chi connectivity index (χ4n) is 2.37. The van der Waals surface area contributed by atoms with Crippen LogP contribution in [0.15, 0.2) is 5.38 Å². The van der Waals surface area contributed by atoms with E-state index in [1.54, 1.807) is 11.3 Å². The van der Waals surface area contributed by atoms with Gasteiger partial charge in [-0.05, 0) is 18.8 Å². The summed E-state index contributed by atoms with van der Waals surface area (Å²) in [4.78, 5) is 6.89. The van der Waals surface area contributed by atoms with E-state index in [4.69, 9.17) is 11.6 Å². The summed E-state index contributed by atoms with van der Waals surface area (Å²) in [5.74, 6) is 0.670. The van der Waals surface area contributed by atoms with Crippen LogP contribution in [0.2, 0.25) is 5.15 Å². The second kappa shape index (κ2) is 5.37. The minimum Gasteiger partial charge on any atom is -0.345 e. The summed E-state index contributed by atoms with van der Waals surface area (Å²) in [6.45, 7) is 5.61. The molecule has 0 N–H and O–H groups in total. The van der Waals surface area contributed by atoms with Gasteiger partial charge in [-0.1, -0.05) is 38.3 Å². The summed E-state index contributed by atoms with van der Waals surface area (Å²) in [5, 5.41) is 3.66. The Bertz CT molecular complexity index is 332. The first-order chi connectivity index (χ1) is 7.66. The second-order valence-electron chi connectivity index (χ2n) is 4.94. The molecule has 0 amide bonds. The van der Waals surface area contributed by atoms with Crippen LogP contribution in [0.1, 0.15) is 39.5 Å². The molecule has 16 heavy (non-hydrogen) atoms. The van der Waals surface area contributed by atoms with Crippen molar-refractivity contribution in [3.63, 3.8) is 0 Å². The van der Waals surface area contributed by atoms with Crippen molar-refractivity contribution >= 4 is 28.1 Å². The molecule has 0 spiro atoms. The van der Waals surface area contributed by atoms with Crippen LogP contribution in [0.3, 0.4) is 0 Å². The highest BCUT2D eigenvalue weighted by Gasteiger charge is 2.25. The summed E-state index contributed by atoms with van der Waals surface area (Å²) in [6, 6.07) is 0.685. The molecule has 2 rings (SSSR count). The fraction of sp³-hybridized carbons (Fsp3) is 0.750. The van der Waals surface area contributed by atoms with Gasteiger partial charge in [0.1, 0.15) is 5.15 Å². The topological polar surface area (TPSA) is 16.1 Å². The van der Waals surface area contributed by atoms with E-state index in [9.17, 15) is 0 Å². The maximum Gasteiger partial charge on any atom is 0.187 e. The SMILES string of the molecule is CC(C)CN(c1nc(Cl)cs1)C1CCCC1. The first kappa shape index (κ1) is 12.2. The molecule has 1 fully saturated rings. The van der Waals surface area contributed by atoms with Crippen molar-refractivity contribution in [2.45, 2.75) is 45.6 Å². The van der Waals surface area contributed by atoms with E-state index in [1.165, 1.54) is 25.7 Å². The molecule has 0 aromatic carbocycles. The zero-order valence-corrected chi connectivity index (χ0v) is 11.5. The highest BCUT2D eigenvalue weighted by Crippen LogP contribution is 2.31. The Hall–Kier alpha value is -0.280. The molecule has 0 unspecified atom stereocenters. The lowest BCUT2D eigenvalue weighted by Gasteiger charge is -2.30. The molecule has 0 atom stereocenters. The van der Waals surface area contributed by atoms with Crippen LogP contribution < -0.4 is 4.90 Å². The zero-order chi connectivity index (χ0) is 11.5. The Balaban J connectivity index is 2.13. The first-order valence-corrected chi connectivity index (χ1v) is 7.30. The van der Waals surface area contributed by atoms with Crippen molar-refractivity contribution in [3.05, 3.63) is 10.5 Å². The highest BCUT2D eigenvalue weighted by molar-refractivity contribution is 7.14. The number of rotatable bonds is 4. The van der Waals surface area contributed by atoms with E-state index in [0.29, 0.717) is 17.1 Å². The third kappa shape index (κ3) is 2.89. The molecule has 1 aromatic heterocycles. The van der Waals surface area contributed by atoms with Crippen molar-refractivity contribution < 1.29 is 0 Å². The van der Waals surface area contributed by atoms with Crippen LogP contribution >= 0.6 is 22.9 Å². The molecular weight excluding hydrogens is 240 g/mol. The summed E-state index contributed by atoms with van der Waals surface area (Å²) < 4.78 is 0. The van der Waals surface area contributed by atoms with Gasteiger partial charge in [-0.25, -0.2) is 4.98 Å². The van der Waals surface area contributed by atoms with E-state index < -0.39 is 0 Å². The summed E-state index contributed by atoms with van der Waals surface area (Å²) >= 11 is 7.59. The van der Waals surface area contributed by atoms with E-state index in [0.717, 1.165) is 11.7 Å². The van der Waals surface area contributed by atoms with Crippen molar-refractivity contribution in [1.82, 2.24) is 4.98 Å². The molecule has 0 aliphatic heterocycles. The average Bonchev–Trinajstić information content (AvgIpc) is 2.84. The van der Waals surface area contributed by atoms with Crippen LogP contribution in [0, 0.1) is 5.92 Å². The lowest BCUT2D eigenvalue weighted by Crippen LogP contribution is -2.36. The Morgan fingerprint density at radius 1 is 1.50 bits per heavy atom. The lowest BCUT2D eigenvalue weighted by atomic mass is 10.1. The minimum absolute atomic E-state index is 0.631. The maximum absolute atomic E-state index is 5.92. The number of thiazole rings is 1. The quantitative estimate of drug-likeness (QED) is 0.805. The van der Waals surface area contributed by atoms with Gasteiger partial charge in [0.15, 0.2) is 5.13 Å². The normalized spacial score (nSPS) is 17.2. The van der Waals surface area contributed by atoms with Crippen LogP contribution in [0.25, 0.3) is 0 Å². The number of hydrogen-bond donors (Lipinski definition) is 0. The number of halogens is 1. The highest BCUT2D eigenvalue weighted by atomic mass is 35.5. The molecule has 1 heterocycles. The Labute approximate surface area is 107 Å². The molecule has 0 radical (unpaired) electrons. The average molecular weight is 259 g/mol. The molecule has 1 aromatic rings. The van der Waals surface area contributed by atoms with Crippen molar-refractivity contribution in [3.8, 4) is 0 Å². The minimum atomic E-state index is 0.631. The number of nitrogens with zero attached hydrogens (tertiary/aromatic N) is 2. The van der Waals surface area contributed by atoms with Gasteiger partial charge in [0.2, 0.25) is 0 Å². The van der Waals surface area contributed by atoms with E-state index >= 15 is 0 Å². The van der Waals surface area contributed by atoms with Gasteiger partial charge in [-0.2, -0.15) is 0 Å². The van der Waals surface area contributed by atoms with Crippen molar-refractivity contribution in [2.24, 2.45) is 5.92 Å². The lowest BCUT2D eigenvalue weighted by molar-refractivity contribution is 0.535. The van der Waals surface area contributed by atoms with Crippen LogP contribution in [0.4, 0.5) is 5.13 Å². The van der Waals surface area contributed by atoms with E-state index in [1.807, 2.05) is 5.38 Å². The monoisotopic (exact) mass is 258 g/mol. The first-order valence-electron chi connectivity index (χ1n) is 6.04. The van der Waals surface area contributed by atoms with Gasteiger partial charge in [-0.3, -0.25) is 0 Å². The van der Waals surface area contributed by atoms with Crippen LogP contribution in [0.5, 0.6) is 0 Å². The molecular formula is C12H19ClN2S. The number of hydrogen-bond acceptors (Lipinski definition) is 3. The summed E-state index contributed by atoms with van der Waals surface area (Å²) in [5.41, 5.74) is 0. The number of aromatic nitrogens is 1. The molecule has 0 saturated heterocycles. The molecule has 1 aliphatic rings. The van der Waals surface area contributed by atoms with Gasteiger partial charge in [0.05, 0.1) is 0 Å². The van der Waals surface area contributed by atoms with Gasteiger partial charge in [-0.15, -0.1) is 11.3 Å². The van der Waals surface area contributed by atoms with Gasteiger partial charge in [0.25, 0.3) is 0 Å². The van der Waals surface area contributed by atoms with Crippen LogP contribution in [-0.2, 0) is 0 Å². The number of anilines is 1. The van der Waals surface area contributed by atoms with Crippen molar-refractivity contribution in [1.29, 1.82) is 0 Å². The Morgan fingerprint density at radius 2 is 2.19 bits per heavy atom. The van der Waals surface area contributed by atoms with Gasteiger partial charge in [0, 0.05) is 18.0 Å². The standard InChI is InChI=1S/C12H19ClN2S/c1-9(2)7-15(10-5-3-4-6-10)12-14-11(13)8-16-12/h8-10H,3-7H2,1-2H3. The fourth-order valence-corrected chi connectivity index (χ4v) is 3.40. The van der Waals surface area contributed by atoms with Crippen LogP contribution in [-0.4, -0.2) is 17.6 Å². The predicted octanol–water partition coefficient (Wildman–Crippen LogP) is 4.20.